The van der Waals surface area contributed by atoms with Gasteiger partial charge in [-0.3, -0.25) is 4.72 Å². The lowest BCUT2D eigenvalue weighted by atomic mass is 10.2. The first-order chi connectivity index (χ1) is 13.5. The molecule has 2 aromatic rings. The third-order valence-electron chi connectivity index (χ3n) is 4.38. The molecule has 0 atom stereocenters. The van der Waals surface area contributed by atoms with Crippen LogP contribution in [0.3, 0.4) is 0 Å². The SMILES string of the molecule is O=S(=O)(Nc1cccc(S(=O)(=O)N2CCCCC2)c1)c1c(F)cc(F)c(Cl)c1F. The van der Waals surface area contributed by atoms with Gasteiger partial charge in [0.15, 0.2) is 10.7 Å². The molecular weight excluding hydrogens is 453 g/mol. The van der Waals surface area contributed by atoms with Crippen LogP contribution in [0, 0.1) is 17.5 Å². The van der Waals surface area contributed by atoms with Gasteiger partial charge in [0.2, 0.25) is 10.0 Å². The number of sulfonamides is 2. The van der Waals surface area contributed by atoms with E-state index in [1.807, 2.05) is 4.72 Å². The molecule has 1 aliphatic heterocycles. The van der Waals surface area contributed by atoms with Crippen LogP contribution in [0.15, 0.2) is 40.1 Å². The van der Waals surface area contributed by atoms with Crippen LogP contribution in [0.4, 0.5) is 18.9 Å². The number of piperidine rings is 1. The van der Waals surface area contributed by atoms with Gasteiger partial charge in [0.1, 0.15) is 16.7 Å². The van der Waals surface area contributed by atoms with Gasteiger partial charge in [0.05, 0.1) is 10.6 Å². The molecule has 3 rings (SSSR count). The molecular formula is C17H16ClF3N2O4S2. The van der Waals surface area contributed by atoms with Crippen LogP contribution in [0.2, 0.25) is 5.02 Å². The van der Waals surface area contributed by atoms with Crippen LogP contribution in [0.5, 0.6) is 0 Å². The van der Waals surface area contributed by atoms with Gasteiger partial charge in [-0.25, -0.2) is 30.0 Å². The molecule has 1 N–H and O–H groups in total. The van der Waals surface area contributed by atoms with Gasteiger partial charge in [-0.05, 0) is 31.0 Å². The molecule has 0 amide bonds. The van der Waals surface area contributed by atoms with Crippen molar-refractivity contribution in [3.63, 3.8) is 0 Å². The molecule has 1 heterocycles. The highest BCUT2D eigenvalue weighted by atomic mass is 35.5. The maximum atomic E-state index is 14.1. The van der Waals surface area contributed by atoms with Crippen molar-refractivity contribution in [1.29, 1.82) is 0 Å². The Labute approximate surface area is 171 Å². The Bertz CT molecular complexity index is 1150. The molecule has 0 unspecified atom stereocenters. The Morgan fingerprint density at radius 3 is 2.24 bits per heavy atom. The fraction of sp³-hybridized carbons (Fsp3) is 0.294. The standard InChI is InChI=1S/C17H16ClF3N2O4S2/c18-15-13(19)10-14(20)17(16(15)21)28(24,25)22-11-5-4-6-12(9-11)29(26,27)23-7-2-1-3-8-23/h4-6,9-10,22H,1-3,7-8H2. The predicted octanol–water partition coefficient (Wildman–Crippen LogP) is 3.73. The number of nitrogens with one attached hydrogen (secondary N) is 1. The van der Waals surface area contributed by atoms with Crippen molar-refractivity contribution in [2.45, 2.75) is 29.1 Å². The third kappa shape index (κ3) is 4.37. The quantitative estimate of drug-likeness (QED) is 0.535. The van der Waals surface area contributed by atoms with E-state index in [0.717, 1.165) is 25.3 Å². The topological polar surface area (TPSA) is 83.5 Å². The first-order valence-electron chi connectivity index (χ1n) is 8.50. The minimum atomic E-state index is -4.86. The molecule has 0 radical (unpaired) electrons. The summed E-state index contributed by atoms with van der Waals surface area (Å²) in [5.74, 6) is -4.90. The lowest BCUT2D eigenvalue weighted by molar-refractivity contribution is 0.346. The second kappa shape index (κ2) is 8.13. The molecule has 6 nitrogen and oxygen atoms in total. The summed E-state index contributed by atoms with van der Waals surface area (Å²) in [5, 5.41) is -1.17. The number of nitrogens with zero attached hydrogens (tertiary/aromatic N) is 1. The van der Waals surface area contributed by atoms with Crippen molar-refractivity contribution in [2.24, 2.45) is 0 Å². The Balaban J connectivity index is 1.96. The molecule has 1 saturated heterocycles. The van der Waals surface area contributed by atoms with E-state index < -0.39 is 47.4 Å². The molecule has 1 fully saturated rings. The molecule has 29 heavy (non-hydrogen) atoms. The normalized spacial score (nSPS) is 16.0. The van der Waals surface area contributed by atoms with Gasteiger partial charge in [0.25, 0.3) is 10.0 Å². The molecule has 0 bridgehead atoms. The fourth-order valence-corrected chi connectivity index (χ4v) is 5.94. The molecule has 0 saturated carbocycles. The van der Waals surface area contributed by atoms with Crippen LogP contribution < -0.4 is 4.72 Å². The number of rotatable bonds is 5. The maximum absolute atomic E-state index is 14.1. The van der Waals surface area contributed by atoms with Crippen LogP contribution in [-0.4, -0.2) is 34.2 Å². The maximum Gasteiger partial charge on any atom is 0.267 e. The van der Waals surface area contributed by atoms with Gasteiger partial charge in [-0.2, -0.15) is 4.31 Å². The zero-order valence-electron chi connectivity index (χ0n) is 14.8. The Morgan fingerprint density at radius 1 is 0.931 bits per heavy atom. The minimum Gasteiger partial charge on any atom is -0.279 e. The van der Waals surface area contributed by atoms with Gasteiger partial charge in [-0.15, -0.1) is 0 Å². The van der Waals surface area contributed by atoms with Crippen LogP contribution in [-0.2, 0) is 20.0 Å². The molecule has 0 aliphatic carbocycles. The highest BCUT2D eigenvalue weighted by Crippen LogP contribution is 2.30. The second-order valence-corrected chi connectivity index (χ2v) is 10.3. The van der Waals surface area contributed by atoms with E-state index in [4.69, 9.17) is 11.6 Å². The monoisotopic (exact) mass is 468 g/mol. The van der Waals surface area contributed by atoms with Crippen LogP contribution in [0.25, 0.3) is 0 Å². The van der Waals surface area contributed by atoms with Gasteiger partial charge >= 0.3 is 0 Å². The number of halogens is 4. The summed E-state index contributed by atoms with van der Waals surface area (Å²) in [5.41, 5.74) is -0.234. The molecule has 0 aromatic heterocycles. The zero-order valence-corrected chi connectivity index (χ0v) is 17.2. The average molecular weight is 469 g/mol. The number of benzene rings is 2. The van der Waals surface area contributed by atoms with Gasteiger partial charge in [-0.1, -0.05) is 24.1 Å². The molecule has 1 aliphatic rings. The molecule has 0 spiro atoms. The van der Waals surface area contributed by atoms with Crippen molar-refractivity contribution < 1.29 is 30.0 Å². The van der Waals surface area contributed by atoms with Crippen LogP contribution >= 0.6 is 11.6 Å². The molecule has 2 aromatic carbocycles. The van der Waals surface area contributed by atoms with E-state index in [9.17, 15) is 30.0 Å². The average Bonchev–Trinajstić information content (AvgIpc) is 2.66. The van der Waals surface area contributed by atoms with Crippen molar-refractivity contribution in [1.82, 2.24) is 4.31 Å². The van der Waals surface area contributed by atoms with Crippen molar-refractivity contribution in [3.8, 4) is 0 Å². The number of hydrogen-bond donors (Lipinski definition) is 1. The van der Waals surface area contributed by atoms with Gasteiger partial charge < -0.3 is 0 Å². The van der Waals surface area contributed by atoms with Crippen molar-refractivity contribution in [3.05, 3.63) is 52.8 Å². The third-order valence-corrected chi connectivity index (χ3v) is 8.04. The Kier molecular flexibility index (Phi) is 6.13. The van der Waals surface area contributed by atoms with E-state index in [-0.39, 0.29) is 16.6 Å². The minimum absolute atomic E-state index is 0.150. The summed E-state index contributed by atoms with van der Waals surface area (Å²) in [4.78, 5) is -1.63. The summed E-state index contributed by atoms with van der Waals surface area (Å²) in [6.45, 7) is 0.700. The van der Waals surface area contributed by atoms with E-state index in [0.29, 0.717) is 13.1 Å². The van der Waals surface area contributed by atoms with Gasteiger partial charge in [0, 0.05) is 19.2 Å². The highest BCUT2D eigenvalue weighted by Gasteiger charge is 2.30. The second-order valence-electron chi connectivity index (χ2n) is 6.40. The lowest BCUT2D eigenvalue weighted by Crippen LogP contribution is -2.35. The highest BCUT2D eigenvalue weighted by molar-refractivity contribution is 7.92. The van der Waals surface area contributed by atoms with Crippen molar-refractivity contribution in [2.75, 3.05) is 17.8 Å². The number of anilines is 1. The zero-order chi connectivity index (χ0) is 21.4. The summed E-state index contributed by atoms with van der Waals surface area (Å²) >= 11 is 5.34. The van der Waals surface area contributed by atoms with E-state index in [1.165, 1.54) is 22.5 Å². The summed E-state index contributed by atoms with van der Waals surface area (Å²) < 4.78 is 94.9. The number of hydrogen-bond acceptors (Lipinski definition) is 4. The summed E-state index contributed by atoms with van der Waals surface area (Å²) in [7, 11) is -8.71. The summed E-state index contributed by atoms with van der Waals surface area (Å²) in [6, 6.07) is 4.99. The van der Waals surface area contributed by atoms with Crippen LogP contribution in [0.1, 0.15) is 19.3 Å². The van der Waals surface area contributed by atoms with E-state index in [2.05, 4.69) is 0 Å². The Hall–Kier alpha value is -1.82. The first-order valence-corrected chi connectivity index (χ1v) is 11.8. The predicted molar refractivity (Wildman–Crippen MR) is 101 cm³/mol. The van der Waals surface area contributed by atoms with E-state index in [1.54, 1.807) is 0 Å². The fourth-order valence-electron chi connectivity index (χ4n) is 2.98. The van der Waals surface area contributed by atoms with E-state index >= 15 is 0 Å². The molecule has 158 valence electrons. The molecule has 12 heteroatoms. The smallest absolute Gasteiger partial charge is 0.267 e. The Morgan fingerprint density at radius 2 is 1.59 bits per heavy atom. The lowest BCUT2D eigenvalue weighted by Gasteiger charge is -2.26. The van der Waals surface area contributed by atoms with Crippen molar-refractivity contribution >= 4 is 37.3 Å². The first kappa shape index (κ1) is 21.9. The largest absolute Gasteiger partial charge is 0.279 e. The summed E-state index contributed by atoms with van der Waals surface area (Å²) in [6.07, 6.45) is 2.36.